The zero-order valence-corrected chi connectivity index (χ0v) is 8.12. The first kappa shape index (κ1) is 10.3. The van der Waals surface area contributed by atoms with Crippen LogP contribution in [0.4, 0.5) is 0 Å². The molecule has 0 aromatic heterocycles. The van der Waals surface area contributed by atoms with Crippen molar-refractivity contribution in [3.05, 3.63) is 35.9 Å². The number of benzene rings is 1. The van der Waals surface area contributed by atoms with Gasteiger partial charge in [0, 0.05) is 0 Å². The van der Waals surface area contributed by atoms with Crippen LogP contribution in [0.15, 0.2) is 30.3 Å². The second-order valence-corrected chi connectivity index (χ2v) is 2.73. The molecule has 1 rings (SSSR count). The molecule has 56 valence electrons. The normalized spacial score (nSPS) is 8.00. The van der Waals surface area contributed by atoms with E-state index in [4.69, 9.17) is 24.8 Å². The van der Waals surface area contributed by atoms with Gasteiger partial charge in [-0.3, -0.25) is 0 Å². The molecule has 0 fully saturated rings. The van der Waals surface area contributed by atoms with Crippen LogP contribution in [0.2, 0.25) is 0 Å². The molecule has 0 aliphatic carbocycles. The third kappa shape index (κ3) is 2.90. The molecule has 1 aromatic carbocycles. The van der Waals surface area contributed by atoms with Crippen molar-refractivity contribution in [1.82, 2.24) is 0 Å². The van der Waals surface area contributed by atoms with E-state index in [2.05, 4.69) is 0 Å². The fourth-order valence-corrected chi connectivity index (χ4v) is 0.846. The molecule has 0 aliphatic rings. The van der Waals surface area contributed by atoms with E-state index in [1.54, 1.807) is 0 Å². The molecule has 0 saturated carbocycles. The molecule has 3 heteroatoms. The van der Waals surface area contributed by atoms with Crippen LogP contribution in [0.1, 0.15) is 5.56 Å². The van der Waals surface area contributed by atoms with E-state index in [0.717, 1.165) is 5.56 Å². The van der Waals surface area contributed by atoms with Crippen LogP contribution in [0.3, 0.4) is 0 Å². The van der Waals surface area contributed by atoms with Gasteiger partial charge in [0.1, 0.15) is 0 Å². The molecule has 0 N–H and O–H groups in total. The van der Waals surface area contributed by atoms with Gasteiger partial charge in [0.2, 0.25) is 0 Å². The van der Waals surface area contributed by atoms with E-state index in [-0.39, 0.29) is 22.4 Å². The predicted molar refractivity (Wildman–Crippen MR) is 45.5 cm³/mol. The van der Waals surface area contributed by atoms with Crippen molar-refractivity contribution in [2.24, 2.45) is 0 Å². The van der Waals surface area contributed by atoms with Gasteiger partial charge < -0.3 is 24.8 Å². The van der Waals surface area contributed by atoms with E-state index in [9.17, 15) is 0 Å². The van der Waals surface area contributed by atoms with Crippen molar-refractivity contribution in [1.29, 1.82) is 0 Å². The maximum Gasteiger partial charge on any atom is 1.00 e. The maximum absolute atomic E-state index is 4.78. The molecule has 1 aromatic rings. The average molecular weight is 261 g/mol. The van der Waals surface area contributed by atoms with Crippen molar-refractivity contribution in [3.63, 3.8) is 0 Å². The maximum atomic E-state index is 4.78. The Labute approximate surface area is 86.9 Å². The first-order valence-electron chi connectivity index (χ1n) is 2.57. The van der Waals surface area contributed by atoms with Gasteiger partial charge in [-0.2, -0.15) is 0 Å². The van der Waals surface area contributed by atoms with Gasteiger partial charge in [-0.15, -0.1) is 4.20 Å². The van der Waals surface area contributed by atoms with Gasteiger partial charge in [-0.1, -0.05) is 30.3 Å². The van der Waals surface area contributed by atoms with E-state index < -0.39 is 0 Å². The van der Waals surface area contributed by atoms with Crippen LogP contribution in [-0.2, 0) is 35.0 Å². The van der Waals surface area contributed by atoms with Crippen LogP contribution in [0.25, 0.3) is 0 Å². The Balaban J connectivity index is 0.000000810. The summed E-state index contributed by atoms with van der Waals surface area (Å²) in [7, 11) is 0. The molecule has 10 heavy (non-hydrogen) atoms. The summed E-state index contributed by atoms with van der Waals surface area (Å²) in [6.07, 6.45) is 0. The monoisotopic (exact) mass is 260 g/mol. The first-order valence-corrected chi connectivity index (χ1v) is 3.39. The topological polar surface area (TPSA) is 0 Å². The summed E-state index contributed by atoms with van der Waals surface area (Å²) >= 11 is 9.55. The molecule has 0 unspecified atom stereocenters. The van der Waals surface area contributed by atoms with Crippen molar-refractivity contribution >= 4 is 29.0 Å². The van der Waals surface area contributed by atoms with E-state index in [1.807, 2.05) is 30.3 Å². The van der Waals surface area contributed by atoms with Crippen LogP contribution in [0.5, 0.6) is 0 Å². The van der Waals surface area contributed by atoms with Gasteiger partial charge in [0.15, 0.2) is 0 Å². The third-order valence-electron chi connectivity index (χ3n) is 1.01. The summed E-state index contributed by atoms with van der Waals surface area (Å²) in [5.41, 5.74) is 0.961. The number of hydrogen-bond donors (Lipinski definition) is 0. The van der Waals surface area contributed by atoms with E-state index >= 15 is 0 Å². The van der Waals surface area contributed by atoms with Crippen LogP contribution in [-0.4, -0.2) is 4.20 Å². The average Bonchev–Trinajstić information content (AvgIpc) is 1.90. The Kier molecular flexibility index (Phi) is 5.13. The van der Waals surface area contributed by atoms with Gasteiger partial charge in [0.25, 0.3) is 0 Å². The second-order valence-electron chi connectivity index (χ2n) is 1.65. The number of hydrogen-bond acceptors (Lipinski definition) is 2. The Morgan fingerprint density at radius 3 is 2.00 bits per heavy atom. The molecule has 0 atom stereocenters. The molecule has 0 saturated heterocycles. The first-order chi connectivity index (χ1) is 4.30. The van der Waals surface area contributed by atoms with Crippen LogP contribution < -0.4 is 0 Å². The Bertz CT molecular complexity index is 208. The third-order valence-corrected chi connectivity index (χ3v) is 1.48. The minimum Gasteiger partial charge on any atom is -0.428 e. The van der Waals surface area contributed by atoms with Crippen LogP contribution >= 0.6 is 12.2 Å². The summed E-state index contributed by atoms with van der Waals surface area (Å²) < 4.78 is 0.538. The Hall–Kier alpha value is 0.270. The molecule has 0 amide bonds. The SMILES string of the molecule is S=C([S-])c1ccccc1.[Ag+]. The fourth-order valence-electron chi connectivity index (χ4n) is 0.574. The van der Waals surface area contributed by atoms with Gasteiger partial charge in [-0.25, -0.2) is 0 Å². The van der Waals surface area contributed by atoms with E-state index in [1.165, 1.54) is 0 Å². The van der Waals surface area contributed by atoms with Crippen molar-refractivity contribution in [3.8, 4) is 0 Å². The summed E-state index contributed by atoms with van der Waals surface area (Å²) in [6.45, 7) is 0. The molecule has 0 nitrogen and oxygen atoms in total. The zero-order valence-electron chi connectivity index (χ0n) is 5.00. The minimum absolute atomic E-state index is 0. The van der Waals surface area contributed by atoms with Crippen molar-refractivity contribution in [2.45, 2.75) is 0 Å². The Morgan fingerprint density at radius 2 is 1.70 bits per heavy atom. The van der Waals surface area contributed by atoms with Gasteiger partial charge in [0.05, 0.1) is 0 Å². The Morgan fingerprint density at radius 1 is 1.20 bits per heavy atom. The number of thiocarbonyl (C=S) groups is 1. The molecule has 0 aliphatic heterocycles. The quantitative estimate of drug-likeness (QED) is 0.430. The molecule has 0 spiro atoms. The van der Waals surface area contributed by atoms with Crippen molar-refractivity contribution < 1.29 is 22.4 Å². The molecular formula is C7H5AgS2. The molecule has 0 bridgehead atoms. The van der Waals surface area contributed by atoms with Gasteiger partial charge in [-0.05, 0) is 5.56 Å². The molecule has 0 radical (unpaired) electrons. The fraction of sp³-hybridized carbons (Fsp3) is 0. The van der Waals surface area contributed by atoms with Crippen molar-refractivity contribution in [2.75, 3.05) is 0 Å². The predicted octanol–water partition coefficient (Wildman–Crippen LogP) is 1.91. The molecular weight excluding hydrogens is 256 g/mol. The number of rotatable bonds is 1. The summed E-state index contributed by atoms with van der Waals surface area (Å²) in [5.74, 6) is 0. The zero-order chi connectivity index (χ0) is 6.69. The smallest absolute Gasteiger partial charge is 0.428 e. The van der Waals surface area contributed by atoms with Gasteiger partial charge >= 0.3 is 22.4 Å². The summed E-state index contributed by atoms with van der Waals surface area (Å²) in [5, 5.41) is 0. The molecule has 0 heterocycles. The summed E-state index contributed by atoms with van der Waals surface area (Å²) in [6, 6.07) is 9.61. The van der Waals surface area contributed by atoms with Crippen LogP contribution in [0, 0.1) is 0 Å². The summed E-state index contributed by atoms with van der Waals surface area (Å²) in [4.78, 5) is 0. The minimum atomic E-state index is 0. The standard InChI is InChI=1S/C7H6S2.Ag/c8-7(9)6-4-2-1-3-5-6;/h1-5H,(H,8,9);/q;+1/p-1. The second kappa shape index (κ2) is 4.99. The largest absolute Gasteiger partial charge is 1.00 e. The van der Waals surface area contributed by atoms with E-state index in [0.29, 0.717) is 4.20 Å².